The highest BCUT2D eigenvalue weighted by Gasteiger charge is 2.44. The van der Waals surface area contributed by atoms with Crippen LogP contribution in [0.5, 0.6) is 0 Å². The molecule has 0 spiro atoms. The van der Waals surface area contributed by atoms with Gasteiger partial charge in [0.05, 0.1) is 35.1 Å². The average Bonchev–Trinajstić information content (AvgIpc) is 4.27. The molecule has 4 aromatic heterocycles. The van der Waals surface area contributed by atoms with Crippen molar-refractivity contribution in [3.05, 3.63) is 130 Å². The lowest BCUT2D eigenvalue weighted by Gasteiger charge is -2.41. The van der Waals surface area contributed by atoms with E-state index in [9.17, 15) is 18.0 Å². The molecule has 17 nitrogen and oxygen atoms in total. The number of nitrogens with zero attached hydrogens (tertiary/aromatic N) is 7. The molecule has 6 heterocycles. The summed E-state index contributed by atoms with van der Waals surface area (Å²) in [4.78, 5) is 36.3. The number of carboxylic acids is 1. The highest BCUT2D eigenvalue weighted by Crippen LogP contribution is 2.41. The Morgan fingerprint density at radius 3 is 1.70 bits per heavy atom. The first-order chi connectivity index (χ1) is 32.7. The number of nitrogens with one attached hydrogen (secondary N) is 3. The molecule has 4 aliphatic rings. The summed E-state index contributed by atoms with van der Waals surface area (Å²) in [6.07, 6.45) is 12.4. The molecule has 19 heteroatoms. The average molecular weight is 981 g/mol. The molecule has 2 aliphatic carbocycles. The van der Waals surface area contributed by atoms with E-state index in [4.69, 9.17) is 38.5 Å². The quantitative estimate of drug-likeness (QED) is 0.103. The molecule has 69 heavy (non-hydrogen) atoms. The van der Waals surface area contributed by atoms with Gasteiger partial charge in [-0.2, -0.15) is 28.1 Å². The molecule has 0 bridgehead atoms. The van der Waals surface area contributed by atoms with Crippen LogP contribution in [-0.2, 0) is 41.1 Å². The smallest absolute Gasteiger partial charge is 0.313 e. The highest BCUT2D eigenvalue weighted by atomic mass is 32.2. The van der Waals surface area contributed by atoms with Crippen molar-refractivity contribution in [1.29, 1.82) is 4.78 Å². The van der Waals surface area contributed by atoms with Crippen LogP contribution < -0.4 is 10.0 Å². The van der Waals surface area contributed by atoms with Crippen LogP contribution in [0.3, 0.4) is 0 Å². The van der Waals surface area contributed by atoms with E-state index in [0.29, 0.717) is 30.0 Å². The number of sulfonamides is 1. The summed E-state index contributed by atoms with van der Waals surface area (Å²) in [5, 5.41) is 22.0. The van der Waals surface area contributed by atoms with Crippen LogP contribution in [-0.4, -0.2) is 87.3 Å². The predicted molar refractivity (Wildman–Crippen MR) is 263 cm³/mol. The van der Waals surface area contributed by atoms with Crippen LogP contribution in [0.4, 0.5) is 0 Å². The summed E-state index contributed by atoms with van der Waals surface area (Å²) >= 11 is 0. The Morgan fingerprint density at radius 2 is 1.22 bits per heavy atom. The maximum atomic E-state index is 14.1. The Balaban J connectivity index is 0.000000167. The number of aliphatic carboxylic acids is 1. The molecule has 10 rings (SSSR count). The third kappa shape index (κ3) is 12.7. The second kappa shape index (κ2) is 21.4. The van der Waals surface area contributed by atoms with E-state index >= 15 is 0 Å². The molecule has 2 saturated carbocycles. The van der Waals surface area contributed by atoms with Gasteiger partial charge in [-0.1, -0.05) is 67.1 Å². The number of piperidine rings is 2. The number of aromatic nitrogens is 6. The van der Waals surface area contributed by atoms with Gasteiger partial charge in [0.15, 0.2) is 11.3 Å². The van der Waals surface area contributed by atoms with Crippen LogP contribution >= 0.6 is 0 Å². The van der Waals surface area contributed by atoms with Gasteiger partial charge in [-0.3, -0.25) is 9.59 Å². The summed E-state index contributed by atoms with van der Waals surface area (Å²) in [6, 6.07) is 26.9. The SMILES string of the molecule is CC(C)(C(=O)O)c1ccccc1.Cc1cc(C2CC2)nc2cc([C@@H]3CCCCN3)nn12.Cc1cc(C2CC2)nc2cc([C@@H]3CCCCN3C(=O)[C@](C)(NS(C)(=O)=O)c3ccccc3)nn12.N=S(=O)=O. The fourth-order valence-electron chi connectivity index (χ4n) is 9.07. The number of aryl methyl sites for hydroxylation is 2. The van der Waals surface area contributed by atoms with Crippen molar-refractivity contribution in [2.45, 2.75) is 134 Å². The Morgan fingerprint density at radius 1 is 0.725 bits per heavy atom. The number of hydrogen-bond donors (Lipinski definition) is 4. The zero-order valence-corrected chi connectivity index (χ0v) is 41.9. The first kappa shape index (κ1) is 51.0. The molecule has 368 valence electrons. The molecular weight excluding hydrogens is 917 g/mol. The van der Waals surface area contributed by atoms with Crippen LogP contribution in [0.2, 0.25) is 0 Å². The highest BCUT2D eigenvalue weighted by molar-refractivity contribution is 7.88. The largest absolute Gasteiger partial charge is 0.481 e. The number of amides is 1. The van der Waals surface area contributed by atoms with E-state index in [1.807, 2.05) is 70.6 Å². The molecular formula is C50H64N10O7S2. The van der Waals surface area contributed by atoms with Gasteiger partial charge in [0.2, 0.25) is 15.9 Å². The van der Waals surface area contributed by atoms with Gasteiger partial charge < -0.3 is 15.3 Å². The van der Waals surface area contributed by atoms with E-state index < -0.39 is 37.4 Å². The molecule has 3 atom stereocenters. The summed E-state index contributed by atoms with van der Waals surface area (Å²) in [7, 11) is -6.27. The Hall–Kier alpha value is -5.89. The zero-order chi connectivity index (χ0) is 49.7. The van der Waals surface area contributed by atoms with Gasteiger partial charge in [0, 0.05) is 53.3 Å². The van der Waals surface area contributed by atoms with E-state index in [1.165, 1.54) is 56.3 Å². The molecule has 0 unspecified atom stereocenters. The summed E-state index contributed by atoms with van der Waals surface area (Å²) in [5.41, 5.74) is 7.60. The van der Waals surface area contributed by atoms with E-state index in [0.717, 1.165) is 71.7 Å². The predicted octanol–water partition coefficient (Wildman–Crippen LogP) is 7.84. The minimum atomic E-state index is -3.66. The topological polar surface area (TPSA) is 234 Å². The lowest BCUT2D eigenvalue weighted by atomic mass is 9.85. The molecule has 2 aliphatic heterocycles. The minimum absolute atomic E-state index is 0.240. The van der Waals surface area contributed by atoms with Gasteiger partial charge in [0.25, 0.3) is 0 Å². The molecule has 1 amide bonds. The van der Waals surface area contributed by atoms with Gasteiger partial charge in [0.1, 0.15) is 5.54 Å². The maximum absolute atomic E-state index is 14.1. The molecule has 2 saturated heterocycles. The van der Waals surface area contributed by atoms with E-state index in [1.54, 1.807) is 37.8 Å². The Kier molecular flexibility index (Phi) is 15.8. The number of hydrogen-bond acceptors (Lipinski definition) is 12. The standard InChI is InChI=1S/C25H31N5O3S.C15H20N4.C10H12O2.HNO2S/c1-17-15-20(18-12-13-18)26-23-16-21(27-30(17)23)22-11-7-8-14-29(22)24(31)25(2,28-34(3,32)33)19-9-5-4-6-10-19;1-10-8-13(11-5-6-11)17-15-9-14(18-19(10)15)12-4-2-3-7-16-12;1-10(2,9(11)12)8-6-4-3-5-7-8;1-4(2)3/h4-6,9-10,15-16,18,22,28H,7-8,11-14H2,1-3H3;8-9,11-12,16H,2-7H2,1H3;3-7H,1-2H3,(H,11,12);1H/t22-,25+;12-;;/m00../s1. The molecule has 4 N–H and O–H groups in total. The van der Waals surface area contributed by atoms with E-state index in [2.05, 4.69) is 35.2 Å². The third-order valence-electron chi connectivity index (χ3n) is 13.3. The van der Waals surface area contributed by atoms with Crippen LogP contribution in [0.15, 0.2) is 84.9 Å². The third-order valence-corrected chi connectivity index (χ3v) is 14.0. The van der Waals surface area contributed by atoms with Gasteiger partial charge in [-0.15, -0.1) is 0 Å². The van der Waals surface area contributed by atoms with Crippen LogP contribution in [0, 0.1) is 18.6 Å². The fraction of sp³-hybridized carbons (Fsp3) is 0.480. The summed E-state index contributed by atoms with van der Waals surface area (Å²) < 4.78 is 53.9. The zero-order valence-electron chi connectivity index (χ0n) is 40.2. The van der Waals surface area contributed by atoms with Crippen LogP contribution in [0.1, 0.15) is 154 Å². The van der Waals surface area contributed by atoms with Crippen molar-refractivity contribution in [2.24, 2.45) is 0 Å². The fourth-order valence-corrected chi connectivity index (χ4v) is 10.0. The lowest BCUT2D eigenvalue weighted by molar-refractivity contribution is -0.142. The van der Waals surface area contributed by atoms with Crippen molar-refractivity contribution < 1.29 is 31.5 Å². The molecule has 4 fully saturated rings. The Labute approximate surface area is 405 Å². The van der Waals surface area contributed by atoms with Gasteiger partial charge >= 0.3 is 16.5 Å². The number of carboxylic acid groups (broad SMARTS) is 1. The monoisotopic (exact) mass is 980 g/mol. The Bertz CT molecular complexity index is 3000. The maximum Gasteiger partial charge on any atom is 0.313 e. The summed E-state index contributed by atoms with van der Waals surface area (Å²) in [5.74, 6) is 0.182. The number of carbonyl (C=O) groups is 2. The van der Waals surface area contributed by atoms with Gasteiger partial charge in [-0.25, -0.2) is 27.4 Å². The molecule has 0 radical (unpaired) electrons. The lowest BCUT2D eigenvalue weighted by Crippen LogP contribution is -2.56. The number of likely N-dealkylation sites (tertiary alicyclic amines) is 1. The minimum Gasteiger partial charge on any atom is -0.481 e. The number of rotatable bonds is 10. The number of fused-ring (bicyclic) bond motifs is 2. The van der Waals surface area contributed by atoms with E-state index in [-0.39, 0.29) is 11.9 Å². The molecule has 6 aromatic rings. The first-order valence-corrected chi connectivity index (χ1v) is 26.6. The normalized spacial score (nSPS) is 19.2. The summed E-state index contributed by atoms with van der Waals surface area (Å²) in [6.45, 7) is 10.9. The van der Waals surface area contributed by atoms with Crippen molar-refractivity contribution >= 4 is 43.7 Å². The van der Waals surface area contributed by atoms with Gasteiger partial charge in [-0.05, 0) is 122 Å². The first-order valence-electron chi connectivity index (χ1n) is 23.7. The second-order valence-electron chi connectivity index (χ2n) is 19.3. The molecule has 2 aromatic carbocycles. The van der Waals surface area contributed by atoms with Crippen molar-refractivity contribution in [3.8, 4) is 0 Å². The van der Waals surface area contributed by atoms with Crippen molar-refractivity contribution in [1.82, 2.24) is 44.1 Å². The van der Waals surface area contributed by atoms with Crippen molar-refractivity contribution in [2.75, 3.05) is 19.3 Å². The van der Waals surface area contributed by atoms with Crippen LogP contribution in [0.25, 0.3) is 11.3 Å². The number of benzene rings is 2. The second-order valence-corrected chi connectivity index (χ2v) is 21.5. The van der Waals surface area contributed by atoms with Crippen molar-refractivity contribution in [3.63, 3.8) is 0 Å². The number of carbonyl (C=O) groups excluding carboxylic acids is 1.